The largest absolute Gasteiger partial charge is 0.375 e. The van der Waals surface area contributed by atoms with E-state index >= 15 is 0 Å². The van der Waals surface area contributed by atoms with Gasteiger partial charge in [0.25, 0.3) is 0 Å². The van der Waals surface area contributed by atoms with Crippen LogP contribution in [-0.2, 0) is 0 Å². The predicted molar refractivity (Wildman–Crippen MR) is 112 cm³/mol. The van der Waals surface area contributed by atoms with Crippen molar-refractivity contribution in [2.45, 2.75) is 72.8 Å². The molecule has 2 N–H and O–H groups in total. The molecule has 0 amide bonds. The van der Waals surface area contributed by atoms with Crippen LogP contribution < -0.4 is 5.73 Å². The molecule has 1 heterocycles. The Labute approximate surface area is 160 Å². The van der Waals surface area contributed by atoms with Crippen molar-refractivity contribution in [3.8, 4) is 0 Å². The van der Waals surface area contributed by atoms with Gasteiger partial charge < -0.3 is 10.6 Å². The molecule has 0 aromatic heterocycles. The van der Waals surface area contributed by atoms with Crippen molar-refractivity contribution in [2.75, 3.05) is 13.1 Å². The minimum Gasteiger partial charge on any atom is -0.375 e. The van der Waals surface area contributed by atoms with Crippen molar-refractivity contribution in [3.63, 3.8) is 0 Å². The Morgan fingerprint density at radius 2 is 1.85 bits per heavy atom. The number of nitrogens with zero attached hydrogens (tertiary/aromatic N) is 1. The molecule has 26 heavy (non-hydrogen) atoms. The molecule has 1 aliphatic carbocycles. The zero-order chi connectivity index (χ0) is 19.6. The van der Waals surface area contributed by atoms with Crippen molar-refractivity contribution in [1.82, 2.24) is 4.90 Å². The smallest absolute Gasteiger partial charge is 0.150 e. The third-order valence-electron chi connectivity index (χ3n) is 5.19. The van der Waals surface area contributed by atoms with Crippen LogP contribution in [0.2, 0.25) is 0 Å². The lowest BCUT2D eigenvalue weighted by atomic mass is 9.92. The summed E-state index contributed by atoms with van der Waals surface area (Å²) in [4.78, 5) is 12.7. The molecule has 3 nitrogen and oxygen atoms in total. The molecular formula is C23H38N2O. The van der Waals surface area contributed by atoms with Crippen LogP contribution in [0.1, 0.15) is 75.7 Å². The van der Waals surface area contributed by atoms with Gasteiger partial charge in [0.1, 0.15) is 6.29 Å². The second-order valence-electron chi connectivity index (χ2n) is 7.65. The van der Waals surface area contributed by atoms with Crippen molar-refractivity contribution in [1.29, 1.82) is 0 Å². The fourth-order valence-electron chi connectivity index (χ4n) is 3.43. The van der Waals surface area contributed by atoms with E-state index in [-0.39, 0.29) is 0 Å². The second-order valence-corrected chi connectivity index (χ2v) is 7.65. The van der Waals surface area contributed by atoms with E-state index < -0.39 is 0 Å². The van der Waals surface area contributed by atoms with Gasteiger partial charge in [-0.2, -0.15) is 0 Å². The first-order valence-corrected chi connectivity index (χ1v) is 10.1. The van der Waals surface area contributed by atoms with Gasteiger partial charge >= 0.3 is 0 Å². The second kappa shape index (κ2) is 11.2. The first-order chi connectivity index (χ1) is 12.4. The number of rotatable bonds is 3. The van der Waals surface area contributed by atoms with E-state index in [2.05, 4.69) is 38.7 Å². The Hall–Kier alpha value is -1.61. The Morgan fingerprint density at radius 1 is 1.27 bits per heavy atom. The quantitative estimate of drug-likeness (QED) is 0.742. The summed E-state index contributed by atoms with van der Waals surface area (Å²) in [6, 6.07) is 8.00. The molecule has 3 rings (SSSR count). The number of hydrogen-bond acceptors (Lipinski definition) is 3. The predicted octanol–water partition coefficient (Wildman–Crippen LogP) is 5.34. The number of nitrogens with two attached hydrogens (primary N) is 1. The molecule has 1 saturated heterocycles. The Morgan fingerprint density at radius 3 is 2.23 bits per heavy atom. The summed E-state index contributed by atoms with van der Waals surface area (Å²) in [6.45, 7) is 13.1. The van der Waals surface area contributed by atoms with Gasteiger partial charge in [-0.1, -0.05) is 57.0 Å². The maximum absolute atomic E-state index is 10.2. The maximum atomic E-state index is 10.2. The van der Waals surface area contributed by atoms with E-state index in [1.54, 1.807) is 6.07 Å². The molecule has 146 valence electrons. The van der Waals surface area contributed by atoms with Gasteiger partial charge in [0.05, 0.1) is 0 Å². The molecule has 1 aromatic rings. The zero-order valence-corrected chi connectivity index (χ0v) is 17.4. The highest BCUT2D eigenvalue weighted by Gasteiger charge is 2.52. The van der Waals surface area contributed by atoms with E-state index in [1.807, 2.05) is 25.1 Å². The van der Waals surface area contributed by atoms with Crippen LogP contribution in [0.3, 0.4) is 0 Å². The lowest BCUT2D eigenvalue weighted by Gasteiger charge is -2.34. The lowest BCUT2D eigenvalue weighted by molar-refractivity contribution is 0.112. The van der Waals surface area contributed by atoms with E-state index in [0.29, 0.717) is 11.5 Å². The van der Waals surface area contributed by atoms with Crippen LogP contribution in [0.15, 0.2) is 36.0 Å². The number of hydrogen-bond donors (Lipinski definition) is 1. The highest BCUT2D eigenvalue weighted by Crippen LogP contribution is 2.52. The standard InChI is InChI=1S/C12H22N2.C8H8O.C3H8/c1-3-4-10(2)14-7-5-12(6-8-14)9-11(12)13;1-7-3-2-4-8(5-7)6-9;1-3-2/h4,11H,3,5-9,13H2,1-2H3;2-6H,1H3;3H2,1-2H3/b10-4+;;. The minimum atomic E-state index is 0.514. The molecule has 1 aromatic carbocycles. The summed E-state index contributed by atoms with van der Waals surface area (Å²) in [5.74, 6) is 0. The number of benzene rings is 1. The van der Waals surface area contributed by atoms with Crippen LogP contribution in [0, 0.1) is 12.3 Å². The van der Waals surface area contributed by atoms with Crippen LogP contribution in [-0.4, -0.2) is 30.3 Å². The average molecular weight is 359 g/mol. The minimum absolute atomic E-state index is 0.514. The van der Waals surface area contributed by atoms with Crippen LogP contribution in [0.4, 0.5) is 0 Å². The maximum Gasteiger partial charge on any atom is 0.150 e. The van der Waals surface area contributed by atoms with Gasteiger partial charge in [-0.25, -0.2) is 0 Å². The number of carbonyl (C=O) groups is 1. The topological polar surface area (TPSA) is 46.3 Å². The van der Waals surface area contributed by atoms with Crippen LogP contribution in [0.25, 0.3) is 0 Å². The lowest BCUT2D eigenvalue weighted by Crippen LogP contribution is -2.35. The molecule has 1 atom stereocenters. The summed E-state index contributed by atoms with van der Waals surface area (Å²) in [5, 5.41) is 0. The molecule has 2 aliphatic rings. The van der Waals surface area contributed by atoms with E-state index in [9.17, 15) is 4.79 Å². The van der Waals surface area contributed by atoms with E-state index in [1.165, 1.54) is 44.5 Å². The van der Waals surface area contributed by atoms with Gasteiger partial charge in [0, 0.05) is 30.4 Å². The van der Waals surface area contributed by atoms with Crippen LogP contribution >= 0.6 is 0 Å². The number of likely N-dealkylation sites (tertiary alicyclic amines) is 1. The zero-order valence-electron chi connectivity index (χ0n) is 17.4. The normalized spacial score (nSPS) is 20.5. The Kier molecular flexibility index (Phi) is 9.64. The number of piperidine rings is 1. The van der Waals surface area contributed by atoms with Gasteiger partial charge in [-0.3, -0.25) is 4.79 Å². The number of aryl methyl sites for hydroxylation is 1. The third kappa shape index (κ3) is 6.95. The van der Waals surface area contributed by atoms with Crippen molar-refractivity contribution in [3.05, 3.63) is 47.2 Å². The molecule has 0 radical (unpaired) electrons. The summed E-state index contributed by atoms with van der Waals surface area (Å²) in [7, 11) is 0. The molecule has 2 fully saturated rings. The molecule has 1 spiro atoms. The molecule has 3 heteroatoms. The SMILES string of the molecule is CC/C=C(\C)N1CCC2(CC1)CC2N.CCC.Cc1cccc(C=O)c1. The number of aldehydes is 1. The van der Waals surface area contributed by atoms with Gasteiger partial charge in [-0.05, 0) is 51.0 Å². The van der Waals surface area contributed by atoms with Gasteiger partial charge in [0.15, 0.2) is 0 Å². The van der Waals surface area contributed by atoms with Crippen molar-refractivity contribution in [2.24, 2.45) is 11.1 Å². The summed E-state index contributed by atoms with van der Waals surface area (Å²) < 4.78 is 0. The highest BCUT2D eigenvalue weighted by molar-refractivity contribution is 5.74. The number of allylic oxidation sites excluding steroid dienone is 2. The first-order valence-electron chi connectivity index (χ1n) is 10.1. The summed E-state index contributed by atoms with van der Waals surface area (Å²) >= 11 is 0. The van der Waals surface area contributed by atoms with Crippen LogP contribution in [0.5, 0.6) is 0 Å². The third-order valence-corrected chi connectivity index (χ3v) is 5.19. The van der Waals surface area contributed by atoms with E-state index in [0.717, 1.165) is 23.8 Å². The molecule has 1 aliphatic heterocycles. The molecular weight excluding hydrogens is 320 g/mol. The average Bonchev–Trinajstić information content (AvgIpc) is 3.25. The first kappa shape index (κ1) is 22.4. The molecule has 1 unspecified atom stereocenters. The molecule has 0 bridgehead atoms. The van der Waals surface area contributed by atoms with Gasteiger partial charge in [-0.15, -0.1) is 0 Å². The number of carbonyl (C=O) groups excluding carboxylic acids is 1. The Balaban J connectivity index is 0.000000243. The van der Waals surface area contributed by atoms with E-state index in [4.69, 9.17) is 5.73 Å². The summed E-state index contributed by atoms with van der Waals surface area (Å²) in [6.07, 6.45) is 9.47. The van der Waals surface area contributed by atoms with Gasteiger partial charge in [0.2, 0.25) is 0 Å². The van der Waals surface area contributed by atoms with Crippen molar-refractivity contribution >= 4 is 6.29 Å². The monoisotopic (exact) mass is 358 g/mol. The fourth-order valence-corrected chi connectivity index (χ4v) is 3.43. The fraction of sp³-hybridized carbons (Fsp3) is 0.609. The summed E-state index contributed by atoms with van der Waals surface area (Å²) in [5.41, 5.74) is 9.86. The van der Waals surface area contributed by atoms with Crippen molar-refractivity contribution < 1.29 is 4.79 Å². The molecule has 1 saturated carbocycles. The highest BCUT2D eigenvalue weighted by atomic mass is 16.1. The Bertz CT molecular complexity index is 571.